The summed E-state index contributed by atoms with van der Waals surface area (Å²) in [5.41, 5.74) is 9.28. The van der Waals surface area contributed by atoms with Crippen molar-refractivity contribution < 1.29 is 4.79 Å². The summed E-state index contributed by atoms with van der Waals surface area (Å²) in [6, 6.07) is 15.7. The van der Waals surface area contributed by atoms with Gasteiger partial charge in [0.05, 0.1) is 0 Å². The van der Waals surface area contributed by atoms with E-state index in [9.17, 15) is 4.79 Å². The molecule has 2 nitrogen and oxygen atoms in total. The van der Waals surface area contributed by atoms with E-state index < -0.39 is 0 Å². The number of rotatable bonds is 5. The van der Waals surface area contributed by atoms with Crippen molar-refractivity contribution in [3.63, 3.8) is 0 Å². The largest absolute Gasteiger partial charge is 0.398 e. The fourth-order valence-corrected chi connectivity index (χ4v) is 2.08. The van der Waals surface area contributed by atoms with Crippen LogP contribution in [-0.2, 0) is 0 Å². The Labute approximate surface area is 114 Å². The molecular weight excluding hydrogens is 234 g/mol. The van der Waals surface area contributed by atoms with Crippen LogP contribution in [0.4, 0.5) is 5.69 Å². The minimum Gasteiger partial charge on any atom is -0.398 e. The maximum Gasteiger partial charge on any atom is 0.164 e. The van der Waals surface area contributed by atoms with Gasteiger partial charge >= 0.3 is 0 Å². The standard InChI is InChI=1S/C17H19NO/c1-2-3-9-17(19)15-12-14(10-11-16(15)18)13-7-5-4-6-8-13/h4-8,10-12H,2-3,9,18H2,1H3. The number of carbonyl (C=O) groups excluding carboxylic acids is 1. The predicted molar refractivity (Wildman–Crippen MR) is 80.1 cm³/mol. The molecule has 0 saturated heterocycles. The monoisotopic (exact) mass is 253 g/mol. The molecule has 0 bridgehead atoms. The van der Waals surface area contributed by atoms with Crippen LogP contribution in [0.15, 0.2) is 48.5 Å². The van der Waals surface area contributed by atoms with E-state index in [0.29, 0.717) is 17.7 Å². The molecular formula is C17H19NO. The number of nitrogen functional groups attached to an aromatic ring is 1. The molecule has 0 spiro atoms. The molecule has 19 heavy (non-hydrogen) atoms. The Morgan fingerprint density at radius 1 is 1.05 bits per heavy atom. The Balaban J connectivity index is 2.32. The van der Waals surface area contributed by atoms with E-state index in [0.717, 1.165) is 24.0 Å². The smallest absolute Gasteiger partial charge is 0.164 e. The zero-order valence-electron chi connectivity index (χ0n) is 11.2. The molecule has 0 aliphatic heterocycles. The maximum absolute atomic E-state index is 12.1. The first-order valence-electron chi connectivity index (χ1n) is 6.70. The molecule has 0 fully saturated rings. The van der Waals surface area contributed by atoms with Crippen LogP contribution in [0.3, 0.4) is 0 Å². The van der Waals surface area contributed by atoms with Crippen LogP contribution in [0, 0.1) is 0 Å². The molecule has 2 aromatic rings. The van der Waals surface area contributed by atoms with Crippen LogP contribution in [0.2, 0.25) is 0 Å². The molecule has 0 aromatic heterocycles. The van der Waals surface area contributed by atoms with Gasteiger partial charge in [0.2, 0.25) is 0 Å². The van der Waals surface area contributed by atoms with Gasteiger partial charge in [0.25, 0.3) is 0 Å². The van der Waals surface area contributed by atoms with E-state index in [1.165, 1.54) is 0 Å². The molecule has 0 heterocycles. The highest BCUT2D eigenvalue weighted by molar-refractivity contribution is 6.01. The third-order valence-electron chi connectivity index (χ3n) is 3.22. The summed E-state index contributed by atoms with van der Waals surface area (Å²) in [6.07, 6.45) is 2.50. The topological polar surface area (TPSA) is 43.1 Å². The number of hydrogen-bond donors (Lipinski definition) is 1. The number of unbranched alkanes of at least 4 members (excludes halogenated alkanes) is 1. The lowest BCUT2D eigenvalue weighted by Gasteiger charge is -2.08. The molecule has 0 atom stereocenters. The van der Waals surface area contributed by atoms with Crippen molar-refractivity contribution in [3.8, 4) is 11.1 Å². The molecule has 2 heteroatoms. The summed E-state index contributed by atoms with van der Waals surface area (Å²) in [7, 11) is 0. The normalized spacial score (nSPS) is 10.4. The SMILES string of the molecule is CCCCC(=O)c1cc(-c2ccccc2)ccc1N. The van der Waals surface area contributed by atoms with E-state index >= 15 is 0 Å². The van der Waals surface area contributed by atoms with Gasteiger partial charge in [-0.2, -0.15) is 0 Å². The highest BCUT2D eigenvalue weighted by Gasteiger charge is 2.10. The number of hydrogen-bond acceptors (Lipinski definition) is 2. The summed E-state index contributed by atoms with van der Waals surface area (Å²) in [5, 5.41) is 0. The van der Waals surface area contributed by atoms with Gasteiger partial charge in [0, 0.05) is 17.7 Å². The second kappa shape index (κ2) is 6.19. The average Bonchev–Trinajstić information content (AvgIpc) is 2.46. The van der Waals surface area contributed by atoms with E-state index in [1.807, 2.05) is 48.5 Å². The fraction of sp³-hybridized carbons (Fsp3) is 0.235. The van der Waals surface area contributed by atoms with Gasteiger partial charge in [-0.25, -0.2) is 0 Å². The number of Topliss-reactive ketones (excluding diaryl/α,β-unsaturated/α-hetero) is 1. The van der Waals surface area contributed by atoms with E-state index in [2.05, 4.69) is 6.92 Å². The van der Waals surface area contributed by atoms with Crippen molar-refractivity contribution in [3.05, 3.63) is 54.1 Å². The van der Waals surface area contributed by atoms with Crippen LogP contribution >= 0.6 is 0 Å². The van der Waals surface area contributed by atoms with Crippen molar-refractivity contribution in [2.75, 3.05) is 5.73 Å². The Morgan fingerprint density at radius 2 is 1.79 bits per heavy atom. The van der Waals surface area contributed by atoms with Gasteiger partial charge in [0.1, 0.15) is 0 Å². The third-order valence-corrected chi connectivity index (χ3v) is 3.22. The second-order valence-corrected chi connectivity index (χ2v) is 4.69. The number of ketones is 1. The number of anilines is 1. The van der Waals surface area contributed by atoms with Crippen LogP contribution in [0.25, 0.3) is 11.1 Å². The lowest BCUT2D eigenvalue weighted by atomic mass is 9.98. The molecule has 0 unspecified atom stereocenters. The first-order valence-corrected chi connectivity index (χ1v) is 6.70. The first-order chi connectivity index (χ1) is 9.22. The van der Waals surface area contributed by atoms with E-state index in [4.69, 9.17) is 5.73 Å². The number of carbonyl (C=O) groups is 1. The molecule has 2 rings (SSSR count). The zero-order valence-corrected chi connectivity index (χ0v) is 11.2. The summed E-state index contributed by atoms with van der Waals surface area (Å²) in [4.78, 5) is 12.1. The molecule has 0 aliphatic rings. The van der Waals surface area contributed by atoms with Crippen molar-refractivity contribution in [1.29, 1.82) is 0 Å². The van der Waals surface area contributed by atoms with Crippen molar-refractivity contribution >= 4 is 11.5 Å². The highest BCUT2D eigenvalue weighted by Crippen LogP contribution is 2.24. The number of nitrogens with two attached hydrogens (primary N) is 1. The Hall–Kier alpha value is -2.09. The lowest BCUT2D eigenvalue weighted by Crippen LogP contribution is -2.04. The number of benzene rings is 2. The molecule has 0 saturated carbocycles. The first kappa shape index (κ1) is 13.3. The minimum absolute atomic E-state index is 0.136. The summed E-state index contributed by atoms with van der Waals surface area (Å²) in [6.45, 7) is 2.08. The Kier molecular flexibility index (Phi) is 4.35. The van der Waals surface area contributed by atoms with Gasteiger partial charge in [-0.1, -0.05) is 49.7 Å². The Morgan fingerprint density at radius 3 is 2.47 bits per heavy atom. The van der Waals surface area contributed by atoms with Gasteiger partial charge in [0.15, 0.2) is 5.78 Å². The van der Waals surface area contributed by atoms with Crippen LogP contribution in [0.1, 0.15) is 36.5 Å². The van der Waals surface area contributed by atoms with Gasteiger partial charge < -0.3 is 5.73 Å². The van der Waals surface area contributed by atoms with E-state index in [-0.39, 0.29) is 5.78 Å². The maximum atomic E-state index is 12.1. The predicted octanol–water partition coefficient (Wildman–Crippen LogP) is 4.31. The molecule has 0 radical (unpaired) electrons. The fourth-order valence-electron chi connectivity index (χ4n) is 2.08. The molecule has 0 aliphatic carbocycles. The summed E-state index contributed by atoms with van der Waals surface area (Å²) >= 11 is 0. The van der Waals surface area contributed by atoms with Crippen molar-refractivity contribution in [2.45, 2.75) is 26.2 Å². The zero-order chi connectivity index (χ0) is 13.7. The van der Waals surface area contributed by atoms with Gasteiger partial charge in [-0.15, -0.1) is 0 Å². The van der Waals surface area contributed by atoms with Crippen molar-refractivity contribution in [1.82, 2.24) is 0 Å². The minimum atomic E-state index is 0.136. The van der Waals surface area contributed by atoms with Gasteiger partial charge in [-0.05, 0) is 29.7 Å². The highest BCUT2D eigenvalue weighted by atomic mass is 16.1. The molecule has 98 valence electrons. The summed E-state index contributed by atoms with van der Waals surface area (Å²) < 4.78 is 0. The summed E-state index contributed by atoms with van der Waals surface area (Å²) in [5.74, 6) is 0.136. The van der Waals surface area contributed by atoms with Crippen LogP contribution in [0.5, 0.6) is 0 Å². The van der Waals surface area contributed by atoms with Crippen molar-refractivity contribution in [2.24, 2.45) is 0 Å². The van der Waals surface area contributed by atoms with Gasteiger partial charge in [-0.3, -0.25) is 4.79 Å². The average molecular weight is 253 g/mol. The second-order valence-electron chi connectivity index (χ2n) is 4.69. The Bertz CT molecular complexity index is 561. The third kappa shape index (κ3) is 3.22. The quantitative estimate of drug-likeness (QED) is 0.637. The molecule has 2 aromatic carbocycles. The van der Waals surface area contributed by atoms with E-state index in [1.54, 1.807) is 0 Å². The molecule has 0 amide bonds. The lowest BCUT2D eigenvalue weighted by molar-refractivity contribution is 0.0980. The van der Waals surface area contributed by atoms with Crippen LogP contribution in [-0.4, -0.2) is 5.78 Å². The molecule has 2 N–H and O–H groups in total. The van der Waals surface area contributed by atoms with Crippen LogP contribution < -0.4 is 5.73 Å².